The molecule has 0 bridgehead atoms. The van der Waals surface area contributed by atoms with Crippen molar-refractivity contribution in [3.05, 3.63) is 29.5 Å². The highest BCUT2D eigenvalue weighted by Gasteiger charge is 2.47. The number of sulfone groups is 1. The van der Waals surface area contributed by atoms with E-state index in [0.29, 0.717) is 0 Å². The maximum atomic E-state index is 12.5. The normalized spacial score (nSPS) is 17.9. The molecular formula is C12H11F3O4S. The number of ether oxygens (including phenoxy) is 1. The van der Waals surface area contributed by atoms with Crippen molar-refractivity contribution in [3.8, 4) is 5.75 Å². The third-order valence-corrected chi connectivity index (χ3v) is 4.35. The predicted octanol–water partition coefficient (Wildman–Crippen LogP) is 3.05. The van der Waals surface area contributed by atoms with E-state index >= 15 is 0 Å². The average Bonchev–Trinajstić information content (AvgIpc) is 2.28. The van der Waals surface area contributed by atoms with Gasteiger partial charge in [0.25, 0.3) is 9.84 Å². The Hall–Kier alpha value is -1.70. The Morgan fingerprint density at radius 3 is 2.40 bits per heavy atom. The molecule has 2 rings (SSSR count). The second-order valence-electron chi connectivity index (χ2n) is 4.79. The monoisotopic (exact) mass is 308 g/mol. The summed E-state index contributed by atoms with van der Waals surface area (Å²) >= 11 is 0. The smallest absolute Gasteiger partial charge is 0.501 e. The van der Waals surface area contributed by atoms with Gasteiger partial charge in [-0.1, -0.05) is 0 Å². The lowest BCUT2D eigenvalue weighted by molar-refractivity contribution is -0.0436. The molecule has 1 aliphatic heterocycles. The molecule has 0 aromatic heterocycles. The summed E-state index contributed by atoms with van der Waals surface area (Å²) < 4.78 is 65.4. The lowest BCUT2D eigenvalue weighted by Crippen LogP contribution is -2.33. The summed E-state index contributed by atoms with van der Waals surface area (Å²) in [6, 6.07) is 2.79. The van der Waals surface area contributed by atoms with Crippen LogP contribution in [-0.2, 0) is 9.84 Å². The number of fused-ring (bicyclic) bond motifs is 1. The first-order chi connectivity index (χ1) is 8.95. The van der Waals surface area contributed by atoms with Crippen molar-refractivity contribution in [1.29, 1.82) is 0 Å². The number of aliphatic hydroxyl groups is 1. The Labute approximate surface area is 113 Å². The number of hydrogen-bond donors (Lipinski definition) is 1. The molecule has 4 nitrogen and oxygen atoms in total. The van der Waals surface area contributed by atoms with E-state index < -0.39 is 25.8 Å². The summed E-state index contributed by atoms with van der Waals surface area (Å²) in [6.45, 7) is 3.14. The van der Waals surface area contributed by atoms with Gasteiger partial charge in [-0.3, -0.25) is 0 Å². The molecule has 1 aliphatic rings. The molecule has 0 saturated carbocycles. The molecular weight excluding hydrogens is 297 g/mol. The summed E-state index contributed by atoms with van der Waals surface area (Å²) in [6.07, 6.45) is 1.19. The highest BCUT2D eigenvalue weighted by atomic mass is 32.2. The van der Waals surface area contributed by atoms with E-state index in [-0.39, 0.29) is 17.1 Å². The van der Waals surface area contributed by atoms with Crippen LogP contribution in [0.15, 0.2) is 28.9 Å². The van der Waals surface area contributed by atoms with Crippen LogP contribution in [0.5, 0.6) is 5.75 Å². The molecule has 1 N–H and O–H groups in total. The number of hydrogen-bond acceptors (Lipinski definition) is 4. The Balaban J connectivity index is 2.56. The van der Waals surface area contributed by atoms with Crippen molar-refractivity contribution in [3.63, 3.8) is 0 Å². The highest BCUT2D eigenvalue weighted by molar-refractivity contribution is 7.92. The molecule has 0 fully saturated rings. The molecule has 0 atom stereocenters. The lowest BCUT2D eigenvalue weighted by atomic mass is 10.0. The second-order valence-corrected chi connectivity index (χ2v) is 6.73. The molecule has 110 valence electrons. The summed E-state index contributed by atoms with van der Waals surface area (Å²) in [7, 11) is -5.42. The number of alkyl halides is 3. The zero-order valence-corrected chi connectivity index (χ0v) is 11.3. The van der Waals surface area contributed by atoms with E-state index in [1.807, 2.05) is 0 Å². The molecule has 0 radical (unpaired) electrons. The number of benzene rings is 1. The van der Waals surface area contributed by atoms with Crippen LogP contribution in [0, 0.1) is 0 Å². The predicted molar refractivity (Wildman–Crippen MR) is 65.0 cm³/mol. The number of rotatable bonds is 1. The van der Waals surface area contributed by atoms with E-state index in [4.69, 9.17) is 4.74 Å². The molecule has 8 heteroatoms. The largest absolute Gasteiger partial charge is 0.508 e. The lowest BCUT2D eigenvalue weighted by Gasteiger charge is -2.30. The first-order valence-electron chi connectivity index (χ1n) is 5.51. The molecule has 1 aromatic rings. The Bertz CT molecular complexity index is 687. The molecule has 0 saturated heterocycles. The van der Waals surface area contributed by atoms with Crippen LogP contribution in [0.2, 0.25) is 0 Å². The van der Waals surface area contributed by atoms with Gasteiger partial charge in [-0.05, 0) is 38.1 Å². The first kappa shape index (κ1) is 14.7. The van der Waals surface area contributed by atoms with Gasteiger partial charge in [0.1, 0.15) is 11.5 Å². The van der Waals surface area contributed by atoms with Gasteiger partial charge in [-0.15, -0.1) is 0 Å². The summed E-state index contributed by atoms with van der Waals surface area (Å²) in [4.78, 5) is -0.892. The Morgan fingerprint density at radius 1 is 1.25 bits per heavy atom. The summed E-state index contributed by atoms with van der Waals surface area (Å²) in [5, 5.41) is 9.70. The fraction of sp³-hybridized carbons (Fsp3) is 0.333. The standard InChI is InChI=1S/C12H11F3O4S/c1-11(2)10(16)6-7-5-8(3-4-9(7)19-11)20(17,18)12(13,14)15/h3-6,16H,1-2H3. The van der Waals surface area contributed by atoms with Gasteiger partial charge < -0.3 is 9.84 Å². The van der Waals surface area contributed by atoms with E-state index in [1.165, 1.54) is 6.08 Å². The highest BCUT2D eigenvalue weighted by Crippen LogP contribution is 2.38. The van der Waals surface area contributed by atoms with Crippen LogP contribution in [-0.4, -0.2) is 24.6 Å². The molecule has 0 amide bonds. The van der Waals surface area contributed by atoms with Crippen molar-refractivity contribution >= 4 is 15.9 Å². The molecule has 1 aromatic carbocycles. The fourth-order valence-electron chi connectivity index (χ4n) is 1.68. The van der Waals surface area contributed by atoms with Crippen LogP contribution < -0.4 is 4.74 Å². The molecule has 20 heavy (non-hydrogen) atoms. The van der Waals surface area contributed by atoms with E-state index in [1.54, 1.807) is 13.8 Å². The Morgan fingerprint density at radius 2 is 1.85 bits per heavy atom. The summed E-state index contributed by atoms with van der Waals surface area (Å²) in [5.74, 6) is 0.000445. The maximum absolute atomic E-state index is 12.5. The van der Waals surface area contributed by atoms with Crippen molar-refractivity contribution in [2.24, 2.45) is 0 Å². The van der Waals surface area contributed by atoms with Crippen LogP contribution in [0.25, 0.3) is 6.08 Å². The molecule has 0 spiro atoms. The van der Waals surface area contributed by atoms with E-state index in [9.17, 15) is 26.7 Å². The molecule has 1 heterocycles. The van der Waals surface area contributed by atoms with E-state index in [0.717, 1.165) is 18.2 Å². The minimum Gasteiger partial charge on any atom is -0.508 e. The van der Waals surface area contributed by atoms with Crippen LogP contribution in [0.3, 0.4) is 0 Å². The van der Waals surface area contributed by atoms with E-state index in [2.05, 4.69) is 0 Å². The van der Waals surface area contributed by atoms with Gasteiger partial charge in [0, 0.05) is 5.56 Å². The SMILES string of the molecule is CC1(C)Oc2ccc(S(=O)(=O)C(F)(F)F)cc2C=C1O. The topological polar surface area (TPSA) is 63.6 Å². The van der Waals surface area contributed by atoms with Gasteiger partial charge >= 0.3 is 5.51 Å². The third-order valence-electron chi connectivity index (χ3n) is 2.87. The van der Waals surface area contributed by atoms with Gasteiger partial charge in [0.2, 0.25) is 0 Å². The van der Waals surface area contributed by atoms with Gasteiger partial charge in [0.05, 0.1) is 4.90 Å². The fourth-order valence-corrected chi connectivity index (χ4v) is 2.48. The Kier molecular flexibility index (Phi) is 3.05. The van der Waals surface area contributed by atoms with Gasteiger partial charge in [-0.25, -0.2) is 8.42 Å². The minimum absolute atomic E-state index is 0.0761. The second kappa shape index (κ2) is 4.15. The van der Waals surface area contributed by atoms with Crippen molar-refractivity contribution in [1.82, 2.24) is 0 Å². The zero-order valence-electron chi connectivity index (χ0n) is 10.5. The van der Waals surface area contributed by atoms with Crippen molar-refractivity contribution < 1.29 is 31.4 Å². The summed E-state index contributed by atoms with van der Waals surface area (Å²) in [5.41, 5.74) is -6.31. The van der Waals surface area contributed by atoms with Gasteiger partial charge in [-0.2, -0.15) is 13.2 Å². The third kappa shape index (κ3) is 2.24. The number of aliphatic hydroxyl groups excluding tert-OH is 1. The van der Waals surface area contributed by atoms with Crippen molar-refractivity contribution in [2.75, 3.05) is 0 Å². The van der Waals surface area contributed by atoms with Crippen LogP contribution in [0.1, 0.15) is 19.4 Å². The average molecular weight is 308 g/mol. The van der Waals surface area contributed by atoms with Gasteiger partial charge in [0.15, 0.2) is 5.60 Å². The first-order valence-corrected chi connectivity index (χ1v) is 6.99. The molecule has 0 aliphatic carbocycles. The van der Waals surface area contributed by atoms with Crippen LogP contribution >= 0.6 is 0 Å². The maximum Gasteiger partial charge on any atom is 0.501 e. The zero-order chi connectivity index (χ0) is 15.3. The van der Waals surface area contributed by atoms with Crippen LogP contribution in [0.4, 0.5) is 13.2 Å². The number of halogens is 3. The van der Waals surface area contributed by atoms with Crippen molar-refractivity contribution in [2.45, 2.75) is 29.9 Å². The minimum atomic E-state index is -5.42. The molecule has 0 unspecified atom stereocenters. The quantitative estimate of drug-likeness (QED) is 0.866.